The van der Waals surface area contributed by atoms with Gasteiger partial charge >= 0.3 is 5.97 Å². The van der Waals surface area contributed by atoms with Gasteiger partial charge in [-0.15, -0.1) is 0 Å². The summed E-state index contributed by atoms with van der Waals surface area (Å²) in [5, 5.41) is 0. The fourth-order valence-corrected chi connectivity index (χ4v) is 7.59. The zero-order valence-corrected chi connectivity index (χ0v) is 16.2. The molecule has 0 N–H and O–H groups in total. The van der Waals surface area contributed by atoms with Crippen LogP contribution in [-0.4, -0.2) is 12.1 Å². The maximum absolute atomic E-state index is 11.8. The topological polar surface area (TPSA) is 26.3 Å². The third-order valence-corrected chi connectivity index (χ3v) is 8.85. The van der Waals surface area contributed by atoms with Gasteiger partial charge in [-0.25, -0.2) is 0 Å². The van der Waals surface area contributed by atoms with E-state index in [2.05, 4.69) is 32.6 Å². The van der Waals surface area contributed by atoms with Gasteiger partial charge in [0.25, 0.3) is 0 Å². The Hall–Kier alpha value is -1.05. The van der Waals surface area contributed by atoms with Crippen molar-refractivity contribution in [3.05, 3.63) is 24.3 Å². The third-order valence-electron chi connectivity index (χ3n) is 8.85. The zero-order valence-electron chi connectivity index (χ0n) is 16.2. The lowest BCUT2D eigenvalue weighted by Crippen LogP contribution is -2.58. The van der Waals surface area contributed by atoms with Crippen LogP contribution < -0.4 is 0 Å². The third kappa shape index (κ3) is 2.39. The molecule has 25 heavy (non-hydrogen) atoms. The number of allylic oxidation sites excluding steroid dienone is 3. The summed E-state index contributed by atoms with van der Waals surface area (Å²) in [6.07, 6.45) is 14.8. The standard InChI is InChI=1S/C23H34O2/c1-5-16-10-12-19-18-11-9-17-7-6-8-21(25-15(2)24)23(17,4)20(18)13-14-22(16,19)3/h5,10,17-21H,1,6-9,11-14H2,2-4H3/t17?,18-,19-,20-,21?,22+,23-/m0/s1. The van der Waals surface area contributed by atoms with Gasteiger partial charge in [0.15, 0.2) is 0 Å². The quantitative estimate of drug-likeness (QED) is 0.603. The average Bonchev–Trinajstić information content (AvgIpc) is 2.91. The first-order valence-electron chi connectivity index (χ1n) is 10.4. The molecular weight excluding hydrogens is 308 g/mol. The predicted molar refractivity (Wildman–Crippen MR) is 101 cm³/mol. The largest absolute Gasteiger partial charge is 0.462 e. The van der Waals surface area contributed by atoms with E-state index in [1.165, 1.54) is 50.5 Å². The normalized spacial score (nSPS) is 48.6. The van der Waals surface area contributed by atoms with Crippen molar-refractivity contribution in [3.63, 3.8) is 0 Å². The second-order valence-electron chi connectivity index (χ2n) is 9.60. The Labute approximate surface area is 153 Å². The van der Waals surface area contributed by atoms with E-state index in [0.29, 0.717) is 11.3 Å². The molecule has 3 saturated carbocycles. The van der Waals surface area contributed by atoms with E-state index in [1.807, 2.05) is 0 Å². The Morgan fingerprint density at radius 3 is 2.72 bits per heavy atom. The minimum Gasteiger partial charge on any atom is -0.462 e. The van der Waals surface area contributed by atoms with E-state index in [-0.39, 0.29) is 17.5 Å². The lowest BCUT2D eigenvalue weighted by atomic mass is 9.44. The molecule has 138 valence electrons. The fraction of sp³-hybridized carbons (Fsp3) is 0.783. The monoisotopic (exact) mass is 342 g/mol. The molecule has 4 aliphatic carbocycles. The number of rotatable bonds is 2. The molecule has 2 heteroatoms. The van der Waals surface area contributed by atoms with Crippen LogP contribution >= 0.6 is 0 Å². The first kappa shape index (κ1) is 17.4. The van der Waals surface area contributed by atoms with Crippen molar-refractivity contribution in [2.75, 3.05) is 0 Å². The maximum Gasteiger partial charge on any atom is 0.302 e. The first-order chi connectivity index (χ1) is 11.9. The van der Waals surface area contributed by atoms with Crippen LogP contribution in [0.4, 0.5) is 0 Å². The highest BCUT2D eigenvalue weighted by Gasteiger charge is 2.60. The summed E-state index contributed by atoms with van der Waals surface area (Å²) in [7, 11) is 0. The van der Waals surface area contributed by atoms with Crippen LogP contribution in [0.25, 0.3) is 0 Å². The Balaban J connectivity index is 1.66. The molecule has 0 radical (unpaired) electrons. The molecule has 0 aromatic carbocycles. The van der Waals surface area contributed by atoms with Crippen LogP contribution in [0.15, 0.2) is 24.3 Å². The Bertz CT molecular complexity index is 605. The number of carbonyl (C=O) groups excluding carboxylic acids is 1. The van der Waals surface area contributed by atoms with Crippen LogP contribution in [0.3, 0.4) is 0 Å². The minimum atomic E-state index is -0.0916. The second kappa shape index (κ2) is 5.99. The van der Waals surface area contributed by atoms with Gasteiger partial charge in [-0.05, 0) is 86.0 Å². The number of fused-ring (bicyclic) bond motifs is 5. The van der Waals surface area contributed by atoms with Gasteiger partial charge in [-0.3, -0.25) is 4.79 Å². The number of carbonyl (C=O) groups is 1. The molecule has 2 nitrogen and oxygen atoms in total. The molecule has 4 aliphatic rings. The molecule has 0 aliphatic heterocycles. The zero-order chi connectivity index (χ0) is 17.8. The van der Waals surface area contributed by atoms with Crippen molar-refractivity contribution >= 4 is 5.97 Å². The van der Waals surface area contributed by atoms with E-state index in [4.69, 9.17) is 4.74 Å². The second-order valence-corrected chi connectivity index (χ2v) is 9.60. The smallest absolute Gasteiger partial charge is 0.302 e. The molecule has 2 unspecified atom stereocenters. The highest BCUT2D eigenvalue weighted by atomic mass is 16.5. The maximum atomic E-state index is 11.8. The molecule has 0 heterocycles. The molecule has 0 amide bonds. The number of ether oxygens (including phenoxy) is 1. The van der Waals surface area contributed by atoms with Crippen molar-refractivity contribution in [3.8, 4) is 0 Å². The summed E-state index contributed by atoms with van der Waals surface area (Å²) < 4.78 is 5.92. The molecule has 0 aromatic rings. The lowest BCUT2D eigenvalue weighted by molar-refractivity contribution is -0.187. The van der Waals surface area contributed by atoms with E-state index in [0.717, 1.165) is 24.2 Å². The highest BCUT2D eigenvalue weighted by molar-refractivity contribution is 5.66. The van der Waals surface area contributed by atoms with E-state index < -0.39 is 0 Å². The van der Waals surface area contributed by atoms with Crippen molar-refractivity contribution in [2.24, 2.45) is 34.5 Å². The average molecular weight is 343 g/mol. The summed E-state index contributed by atoms with van der Waals surface area (Å²) in [5.74, 6) is 2.91. The Morgan fingerprint density at radius 2 is 2.00 bits per heavy atom. The van der Waals surface area contributed by atoms with E-state index in [1.54, 1.807) is 6.92 Å². The van der Waals surface area contributed by atoms with Crippen LogP contribution in [0.5, 0.6) is 0 Å². The van der Waals surface area contributed by atoms with Crippen molar-refractivity contribution < 1.29 is 9.53 Å². The van der Waals surface area contributed by atoms with Crippen LogP contribution in [0, 0.1) is 34.5 Å². The van der Waals surface area contributed by atoms with Crippen molar-refractivity contribution in [2.45, 2.75) is 78.2 Å². The Morgan fingerprint density at radius 1 is 1.20 bits per heavy atom. The molecule has 4 rings (SSSR count). The van der Waals surface area contributed by atoms with Crippen LogP contribution in [0.1, 0.15) is 72.1 Å². The van der Waals surface area contributed by atoms with Gasteiger partial charge in [-0.1, -0.05) is 32.6 Å². The Kier molecular flexibility index (Phi) is 4.16. The summed E-state index contributed by atoms with van der Waals surface area (Å²) >= 11 is 0. The molecule has 0 aromatic heterocycles. The van der Waals surface area contributed by atoms with Crippen LogP contribution in [-0.2, 0) is 9.53 Å². The van der Waals surface area contributed by atoms with Gasteiger partial charge in [0.05, 0.1) is 0 Å². The van der Waals surface area contributed by atoms with Gasteiger partial charge in [0.2, 0.25) is 0 Å². The van der Waals surface area contributed by atoms with E-state index >= 15 is 0 Å². The molecule has 3 fully saturated rings. The van der Waals surface area contributed by atoms with Gasteiger partial charge < -0.3 is 4.74 Å². The molecule has 0 saturated heterocycles. The molecule has 0 bridgehead atoms. The minimum absolute atomic E-state index is 0.0916. The van der Waals surface area contributed by atoms with Crippen molar-refractivity contribution in [1.82, 2.24) is 0 Å². The van der Waals surface area contributed by atoms with Crippen LogP contribution in [0.2, 0.25) is 0 Å². The fourth-order valence-electron chi connectivity index (χ4n) is 7.59. The molecular formula is C23H34O2. The summed E-state index contributed by atoms with van der Waals surface area (Å²) in [5.41, 5.74) is 2.01. The lowest BCUT2D eigenvalue weighted by Gasteiger charge is -2.61. The van der Waals surface area contributed by atoms with Gasteiger partial charge in [0, 0.05) is 12.3 Å². The first-order valence-corrected chi connectivity index (χ1v) is 10.4. The predicted octanol–water partition coefficient (Wildman–Crippen LogP) is 5.68. The number of hydrogen-bond acceptors (Lipinski definition) is 2. The molecule has 7 atom stereocenters. The summed E-state index contributed by atoms with van der Waals surface area (Å²) in [4.78, 5) is 11.8. The summed E-state index contributed by atoms with van der Waals surface area (Å²) in [6.45, 7) is 10.6. The SMILES string of the molecule is C=CC1=CC[C@H]2[C@@H]3CCC4CCCC(OC(C)=O)[C@]4(C)[C@H]3CC[C@]12C. The number of hydrogen-bond donors (Lipinski definition) is 0. The van der Waals surface area contributed by atoms with E-state index in [9.17, 15) is 4.79 Å². The summed E-state index contributed by atoms with van der Waals surface area (Å²) in [6, 6.07) is 0. The molecule has 0 spiro atoms. The van der Waals surface area contributed by atoms with Crippen molar-refractivity contribution in [1.29, 1.82) is 0 Å². The highest BCUT2D eigenvalue weighted by Crippen LogP contribution is 2.66. The number of esters is 1. The van der Waals surface area contributed by atoms with Gasteiger partial charge in [-0.2, -0.15) is 0 Å². The van der Waals surface area contributed by atoms with Gasteiger partial charge in [0.1, 0.15) is 6.10 Å².